The fourth-order valence-electron chi connectivity index (χ4n) is 3.93. The highest BCUT2D eigenvalue weighted by molar-refractivity contribution is 8.15. The van der Waals surface area contributed by atoms with Crippen LogP contribution in [0.15, 0.2) is 77.8 Å². The molecule has 0 bridgehead atoms. The van der Waals surface area contributed by atoms with Gasteiger partial charge < -0.3 is 14.8 Å². The molecule has 2 aliphatic rings. The van der Waals surface area contributed by atoms with Gasteiger partial charge in [-0.2, -0.15) is 0 Å². The summed E-state index contributed by atoms with van der Waals surface area (Å²) in [7, 11) is 0. The Balaban J connectivity index is 1.32. The van der Waals surface area contributed by atoms with Crippen LogP contribution < -0.4 is 14.8 Å². The molecular weight excluding hydrogens is 481 g/mol. The van der Waals surface area contributed by atoms with E-state index in [1.54, 1.807) is 11.0 Å². The smallest absolute Gasteiger partial charge is 0.234 e. The number of ether oxygens (including phenoxy) is 2. The topological polar surface area (TPSA) is 80.2 Å². The van der Waals surface area contributed by atoms with E-state index in [2.05, 4.69) is 10.3 Å². The van der Waals surface area contributed by atoms with Crippen LogP contribution in [0.25, 0.3) is 0 Å². The van der Waals surface area contributed by atoms with E-state index >= 15 is 0 Å². The molecule has 0 saturated carbocycles. The van der Waals surface area contributed by atoms with Crippen molar-refractivity contribution in [2.45, 2.75) is 24.6 Å². The lowest BCUT2D eigenvalue weighted by molar-refractivity contribution is -0.130. The highest BCUT2D eigenvalue weighted by Gasteiger charge is 2.36. The second-order valence-electron chi connectivity index (χ2n) is 8.38. The molecule has 184 valence electrons. The Bertz CT molecular complexity index is 1280. The molecule has 1 fully saturated rings. The summed E-state index contributed by atoms with van der Waals surface area (Å²) >= 11 is 1.23. The number of nitrogens with zero attached hydrogens (tertiary/aromatic N) is 2. The molecule has 1 atom stereocenters. The van der Waals surface area contributed by atoms with Crippen molar-refractivity contribution in [3.8, 4) is 11.5 Å². The van der Waals surface area contributed by atoms with Crippen molar-refractivity contribution < 1.29 is 23.5 Å². The Morgan fingerprint density at radius 3 is 2.61 bits per heavy atom. The Morgan fingerprint density at radius 1 is 1.03 bits per heavy atom. The fourth-order valence-corrected chi connectivity index (χ4v) is 5.06. The zero-order valence-corrected chi connectivity index (χ0v) is 20.2. The van der Waals surface area contributed by atoms with E-state index in [1.807, 2.05) is 42.5 Å². The number of aliphatic imine (C=N–C) groups is 1. The lowest BCUT2D eigenvalue weighted by Gasteiger charge is -2.32. The number of nitrogens with one attached hydrogen (secondary N) is 1. The molecule has 0 spiro atoms. The number of carbonyl (C=O) groups is 2. The van der Waals surface area contributed by atoms with Crippen molar-refractivity contribution in [2.24, 2.45) is 4.99 Å². The van der Waals surface area contributed by atoms with E-state index in [1.165, 1.54) is 36.0 Å². The molecule has 1 saturated heterocycles. The number of amides is 2. The van der Waals surface area contributed by atoms with Crippen LogP contribution in [0.2, 0.25) is 0 Å². The zero-order chi connectivity index (χ0) is 24.9. The Morgan fingerprint density at radius 2 is 1.81 bits per heavy atom. The Labute approximate surface area is 212 Å². The van der Waals surface area contributed by atoms with Crippen molar-refractivity contribution in [1.82, 2.24) is 10.2 Å². The summed E-state index contributed by atoms with van der Waals surface area (Å²) in [5.41, 5.74) is 2.46. The van der Waals surface area contributed by atoms with Gasteiger partial charge in [0.25, 0.3) is 0 Å². The summed E-state index contributed by atoms with van der Waals surface area (Å²) in [6.07, 6.45) is 0.750. The minimum atomic E-state index is -0.611. The van der Waals surface area contributed by atoms with Crippen molar-refractivity contribution in [1.29, 1.82) is 0 Å². The van der Waals surface area contributed by atoms with Crippen LogP contribution in [0.1, 0.15) is 17.5 Å². The predicted octanol–water partition coefficient (Wildman–Crippen LogP) is 4.44. The van der Waals surface area contributed by atoms with Gasteiger partial charge in [0.15, 0.2) is 16.7 Å². The lowest BCUT2D eigenvalue weighted by Crippen LogP contribution is -2.46. The molecule has 2 heterocycles. The first-order valence-corrected chi connectivity index (χ1v) is 12.4. The SMILES string of the molecule is O=C(NCCc1ccccc1)C1CC(=O)N(Cc2ccc3c(c2)OCO3)C(=Nc2ccc(F)cc2)S1. The van der Waals surface area contributed by atoms with Gasteiger partial charge in [-0.05, 0) is 53.9 Å². The van der Waals surface area contributed by atoms with E-state index < -0.39 is 5.25 Å². The van der Waals surface area contributed by atoms with E-state index in [-0.39, 0.29) is 37.4 Å². The van der Waals surface area contributed by atoms with Crippen LogP contribution >= 0.6 is 11.8 Å². The first kappa shape index (κ1) is 23.9. The summed E-state index contributed by atoms with van der Waals surface area (Å²) in [6.45, 7) is 0.889. The van der Waals surface area contributed by atoms with E-state index in [9.17, 15) is 14.0 Å². The van der Waals surface area contributed by atoms with E-state index in [4.69, 9.17) is 9.47 Å². The number of halogens is 1. The van der Waals surface area contributed by atoms with Gasteiger partial charge >= 0.3 is 0 Å². The quantitative estimate of drug-likeness (QED) is 0.514. The van der Waals surface area contributed by atoms with Gasteiger partial charge in [-0.15, -0.1) is 0 Å². The molecule has 3 aromatic carbocycles. The number of fused-ring (bicyclic) bond motifs is 1. The number of thioether (sulfide) groups is 1. The average molecular weight is 506 g/mol. The van der Waals surface area contributed by atoms with Crippen LogP contribution in [-0.2, 0) is 22.6 Å². The second-order valence-corrected chi connectivity index (χ2v) is 9.55. The summed E-state index contributed by atoms with van der Waals surface area (Å²) in [5, 5.41) is 2.72. The molecule has 1 N–H and O–H groups in total. The molecule has 7 nitrogen and oxygen atoms in total. The Hall–Kier alpha value is -3.85. The van der Waals surface area contributed by atoms with Crippen LogP contribution in [0.4, 0.5) is 10.1 Å². The molecule has 5 rings (SSSR count). The summed E-state index contributed by atoms with van der Waals surface area (Å²) in [5.74, 6) is 0.483. The third kappa shape index (κ3) is 5.68. The average Bonchev–Trinajstić information content (AvgIpc) is 3.36. The molecule has 3 aromatic rings. The third-order valence-corrected chi connectivity index (χ3v) is 7.00. The molecule has 9 heteroatoms. The minimum absolute atomic E-state index is 0.0504. The fraction of sp³-hybridized carbons (Fsp3) is 0.222. The maximum Gasteiger partial charge on any atom is 0.234 e. The predicted molar refractivity (Wildman–Crippen MR) is 136 cm³/mol. The molecule has 2 aliphatic heterocycles. The summed E-state index contributed by atoms with van der Waals surface area (Å²) in [6, 6.07) is 21.1. The number of rotatable bonds is 7. The van der Waals surface area contributed by atoms with Gasteiger partial charge in [-0.3, -0.25) is 14.5 Å². The molecule has 1 unspecified atom stereocenters. The Kier molecular flexibility index (Phi) is 7.18. The number of hydrogen-bond donors (Lipinski definition) is 1. The maximum absolute atomic E-state index is 13.4. The molecule has 0 aromatic heterocycles. The standard InChI is InChI=1S/C27H24FN3O4S/c28-20-7-9-21(10-8-20)30-27-31(16-19-6-11-22-23(14-19)35-17-34-22)25(32)15-24(36-27)26(33)29-13-12-18-4-2-1-3-5-18/h1-11,14,24H,12-13,15-17H2,(H,29,33). The zero-order valence-electron chi connectivity index (χ0n) is 19.4. The summed E-state index contributed by atoms with van der Waals surface area (Å²) < 4.78 is 24.2. The second kappa shape index (κ2) is 10.8. The molecule has 2 amide bonds. The minimum Gasteiger partial charge on any atom is -0.454 e. The molecule has 0 radical (unpaired) electrons. The van der Waals surface area contributed by atoms with Crippen LogP contribution in [0.3, 0.4) is 0 Å². The van der Waals surface area contributed by atoms with Gasteiger partial charge in [0.2, 0.25) is 18.6 Å². The number of amidine groups is 1. The lowest BCUT2D eigenvalue weighted by atomic mass is 10.1. The van der Waals surface area contributed by atoms with Crippen LogP contribution in [0, 0.1) is 5.82 Å². The third-order valence-electron chi connectivity index (χ3n) is 5.82. The van der Waals surface area contributed by atoms with Crippen molar-refractivity contribution >= 4 is 34.4 Å². The largest absolute Gasteiger partial charge is 0.454 e. The first-order chi connectivity index (χ1) is 17.5. The van der Waals surface area contributed by atoms with E-state index in [0.29, 0.717) is 35.3 Å². The van der Waals surface area contributed by atoms with Crippen LogP contribution in [0.5, 0.6) is 11.5 Å². The van der Waals surface area contributed by atoms with Crippen molar-refractivity contribution in [2.75, 3.05) is 13.3 Å². The van der Waals surface area contributed by atoms with Gasteiger partial charge in [0.1, 0.15) is 5.82 Å². The van der Waals surface area contributed by atoms with Crippen molar-refractivity contribution in [3.05, 3.63) is 89.7 Å². The van der Waals surface area contributed by atoms with E-state index in [0.717, 1.165) is 11.1 Å². The first-order valence-electron chi connectivity index (χ1n) is 11.6. The monoisotopic (exact) mass is 505 g/mol. The normalized spacial score (nSPS) is 17.9. The van der Waals surface area contributed by atoms with Gasteiger partial charge in [-0.25, -0.2) is 9.38 Å². The number of carbonyl (C=O) groups excluding carboxylic acids is 2. The van der Waals surface area contributed by atoms with Gasteiger partial charge in [0.05, 0.1) is 17.5 Å². The van der Waals surface area contributed by atoms with Crippen LogP contribution in [-0.4, -0.2) is 40.5 Å². The molecule has 36 heavy (non-hydrogen) atoms. The number of hydrogen-bond acceptors (Lipinski definition) is 6. The maximum atomic E-state index is 13.4. The molecular formula is C27H24FN3O4S. The van der Waals surface area contributed by atoms with Gasteiger partial charge in [0, 0.05) is 13.0 Å². The van der Waals surface area contributed by atoms with Gasteiger partial charge in [-0.1, -0.05) is 48.2 Å². The summed E-state index contributed by atoms with van der Waals surface area (Å²) in [4.78, 5) is 32.3. The molecule has 0 aliphatic carbocycles. The number of benzene rings is 3. The highest BCUT2D eigenvalue weighted by Crippen LogP contribution is 2.35. The highest BCUT2D eigenvalue weighted by atomic mass is 32.2. The van der Waals surface area contributed by atoms with Crippen molar-refractivity contribution in [3.63, 3.8) is 0 Å².